The van der Waals surface area contributed by atoms with Gasteiger partial charge in [0, 0.05) is 18.3 Å². The molecule has 2 aromatic carbocycles. The van der Waals surface area contributed by atoms with Crippen molar-refractivity contribution in [1.82, 2.24) is 19.8 Å². The average Bonchev–Trinajstić information content (AvgIpc) is 3.34. The first-order valence-corrected chi connectivity index (χ1v) is 11.4. The Labute approximate surface area is 176 Å². The highest BCUT2D eigenvalue weighted by molar-refractivity contribution is 7.89. The number of aryl methyl sites for hydroxylation is 2. The van der Waals surface area contributed by atoms with E-state index in [-0.39, 0.29) is 23.4 Å². The summed E-state index contributed by atoms with van der Waals surface area (Å²) < 4.78 is 29.8. The topological polar surface area (TPSA) is 93.1 Å². The number of benzene rings is 2. The van der Waals surface area contributed by atoms with Crippen molar-refractivity contribution in [3.8, 4) is 0 Å². The first kappa shape index (κ1) is 20.3. The molecule has 0 saturated carbocycles. The molecule has 0 aliphatic heterocycles. The molecule has 1 atom stereocenters. The lowest BCUT2D eigenvalue weighted by atomic mass is 10.1. The second-order valence-corrected chi connectivity index (χ2v) is 9.18. The van der Waals surface area contributed by atoms with E-state index in [1.165, 1.54) is 0 Å². The first-order chi connectivity index (χ1) is 14.4. The third kappa shape index (κ3) is 4.44. The number of nitrogens with zero attached hydrogens (tertiary/aromatic N) is 2. The minimum Gasteiger partial charge on any atom is -0.345 e. The van der Waals surface area contributed by atoms with Crippen LogP contribution in [0.25, 0.3) is 0 Å². The van der Waals surface area contributed by atoms with Crippen molar-refractivity contribution in [2.75, 3.05) is 6.54 Å². The van der Waals surface area contributed by atoms with Gasteiger partial charge in [-0.25, -0.2) is 13.1 Å². The Bertz CT molecular complexity index is 1160. The maximum absolute atomic E-state index is 12.7. The van der Waals surface area contributed by atoms with Crippen molar-refractivity contribution < 1.29 is 13.2 Å². The predicted molar refractivity (Wildman–Crippen MR) is 114 cm³/mol. The molecule has 2 N–H and O–H groups in total. The number of hydrogen-bond acceptors (Lipinski definition) is 4. The van der Waals surface area contributed by atoms with Crippen molar-refractivity contribution in [1.29, 1.82) is 0 Å². The molecule has 0 saturated heterocycles. The SMILES string of the molecule is Cc1ccn(CCNS(=O)(=O)c2ccc3c(c2)[C@H](NC(=O)c2ccccc2)CC3)n1. The normalized spacial score (nSPS) is 15.7. The molecule has 0 fully saturated rings. The van der Waals surface area contributed by atoms with E-state index >= 15 is 0 Å². The largest absolute Gasteiger partial charge is 0.345 e. The number of nitrogens with one attached hydrogen (secondary N) is 2. The van der Waals surface area contributed by atoms with E-state index in [1.54, 1.807) is 28.9 Å². The number of fused-ring (bicyclic) bond motifs is 1. The van der Waals surface area contributed by atoms with Crippen molar-refractivity contribution in [2.45, 2.75) is 37.2 Å². The van der Waals surface area contributed by atoms with E-state index in [9.17, 15) is 13.2 Å². The molecular formula is C22H24N4O3S. The van der Waals surface area contributed by atoms with Gasteiger partial charge in [-0.2, -0.15) is 5.10 Å². The summed E-state index contributed by atoms with van der Waals surface area (Å²) in [6, 6.07) is 15.8. The zero-order valence-corrected chi connectivity index (χ0v) is 17.5. The Kier molecular flexibility index (Phi) is 5.69. The standard InChI is InChI=1S/C22H24N4O3S/c1-16-11-13-26(25-16)14-12-23-30(28,29)19-9-7-17-8-10-21(20(17)15-19)24-22(27)18-5-3-2-4-6-18/h2-7,9,11,13,15,21,23H,8,10,12,14H2,1H3,(H,24,27)/t21-/m1/s1. The van der Waals surface area contributed by atoms with Crippen molar-refractivity contribution >= 4 is 15.9 Å². The van der Waals surface area contributed by atoms with Gasteiger partial charge in [0.15, 0.2) is 0 Å². The van der Waals surface area contributed by atoms with Crippen LogP contribution in [0.15, 0.2) is 65.7 Å². The zero-order valence-electron chi connectivity index (χ0n) is 16.7. The van der Waals surface area contributed by atoms with Crippen molar-refractivity contribution in [2.24, 2.45) is 0 Å². The van der Waals surface area contributed by atoms with Crippen molar-refractivity contribution in [3.05, 3.63) is 83.2 Å². The van der Waals surface area contributed by atoms with Crippen LogP contribution in [-0.4, -0.2) is 30.7 Å². The van der Waals surface area contributed by atoms with Gasteiger partial charge in [0.2, 0.25) is 10.0 Å². The summed E-state index contributed by atoms with van der Waals surface area (Å²) in [6.07, 6.45) is 3.38. The molecule has 8 heteroatoms. The van der Waals surface area contributed by atoms with Gasteiger partial charge in [0.05, 0.1) is 23.2 Å². The van der Waals surface area contributed by atoms with Gasteiger partial charge in [0.25, 0.3) is 5.91 Å². The summed E-state index contributed by atoms with van der Waals surface area (Å²) in [7, 11) is -3.65. The molecular weight excluding hydrogens is 400 g/mol. The molecule has 4 rings (SSSR count). The lowest BCUT2D eigenvalue weighted by Gasteiger charge is -2.15. The molecule has 156 valence electrons. The fourth-order valence-electron chi connectivity index (χ4n) is 3.69. The quantitative estimate of drug-likeness (QED) is 0.610. The summed E-state index contributed by atoms with van der Waals surface area (Å²) in [5, 5.41) is 7.29. The molecule has 7 nitrogen and oxygen atoms in total. The minimum atomic E-state index is -3.65. The maximum Gasteiger partial charge on any atom is 0.251 e. The highest BCUT2D eigenvalue weighted by atomic mass is 32.2. The highest BCUT2D eigenvalue weighted by Crippen LogP contribution is 2.33. The number of carbonyl (C=O) groups is 1. The molecule has 1 aliphatic carbocycles. The van der Waals surface area contributed by atoms with Crippen LogP contribution in [0.5, 0.6) is 0 Å². The third-order valence-electron chi connectivity index (χ3n) is 5.25. The monoisotopic (exact) mass is 424 g/mol. The number of amides is 1. The van der Waals surface area contributed by atoms with Crippen molar-refractivity contribution in [3.63, 3.8) is 0 Å². The number of sulfonamides is 1. The van der Waals surface area contributed by atoms with Gasteiger partial charge >= 0.3 is 0 Å². The molecule has 1 aliphatic rings. The molecule has 1 heterocycles. The van der Waals surface area contributed by atoms with Crippen LogP contribution in [0.2, 0.25) is 0 Å². The maximum atomic E-state index is 12.7. The molecule has 0 radical (unpaired) electrons. The number of rotatable bonds is 7. The second kappa shape index (κ2) is 8.41. The number of carbonyl (C=O) groups excluding carboxylic acids is 1. The van der Waals surface area contributed by atoms with Gasteiger partial charge in [-0.1, -0.05) is 24.3 Å². The Hall–Kier alpha value is -2.97. The van der Waals surface area contributed by atoms with E-state index in [2.05, 4.69) is 15.1 Å². The van der Waals surface area contributed by atoms with Crippen LogP contribution < -0.4 is 10.0 Å². The van der Waals surface area contributed by atoms with Gasteiger partial charge in [-0.3, -0.25) is 9.48 Å². The Balaban J connectivity index is 1.45. The van der Waals surface area contributed by atoms with E-state index in [1.807, 2.05) is 43.5 Å². The summed E-state index contributed by atoms with van der Waals surface area (Å²) in [5.74, 6) is -0.158. The lowest BCUT2D eigenvalue weighted by molar-refractivity contribution is 0.0936. The summed E-state index contributed by atoms with van der Waals surface area (Å²) in [4.78, 5) is 12.7. The van der Waals surface area contributed by atoms with Crippen LogP contribution in [0.3, 0.4) is 0 Å². The molecule has 30 heavy (non-hydrogen) atoms. The Morgan fingerprint density at radius 3 is 2.70 bits per heavy atom. The Morgan fingerprint density at radius 1 is 1.17 bits per heavy atom. The molecule has 0 unspecified atom stereocenters. The highest BCUT2D eigenvalue weighted by Gasteiger charge is 2.26. The molecule has 0 bridgehead atoms. The van der Waals surface area contributed by atoms with Crippen LogP contribution in [0, 0.1) is 6.92 Å². The second-order valence-electron chi connectivity index (χ2n) is 7.41. The third-order valence-corrected chi connectivity index (χ3v) is 6.71. The van der Waals surface area contributed by atoms with Crippen LogP contribution in [0.1, 0.15) is 39.6 Å². The average molecular weight is 425 g/mol. The van der Waals surface area contributed by atoms with E-state index < -0.39 is 10.0 Å². The first-order valence-electron chi connectivity index (χ1n) is 9.91. The summed E-state index contributed by atoms with van der Waals surface area (Å²) in [6.45, 7) is 2.58. The minimum absolute atomic E-state index is 0.158. The van der Waals surface area contributed by atoms with Gasteiger partial charge in [-0.05, 0) is 61.2 Å². The van der Waals surface area contributed by atoms with E-state index in [0.717, 1.165) is 29.7 Å². The Morgan fingerprint density at radius 2 is 1.97 bits per heavy atom. The summed E-state index contributed by atoms with van der Waals surface area (Å²) in [5.41, 5.74) is 3.41. The smallest absolute Gasteiger partial charge is 0.251 e. The summed E-state index contributed by atoms with van der Waals surface area (Å²) >= 11 is 0. The fraction of sp³-hybridized carbons (Fsp3) is 0.273. The zero-order chi connectivity index (χ0) is 21.1. The van der Waals surface area contributed by atoms with Crippen LogP contribution >= 0.6 is 0 Å². The van der Waals surface area contributed by atoms with Gasteiger partial charge in [0.1, 0.15) is 0 Å². The van der Waals surface area contributed by atoms with Crippen LogP contribution in [0.4, 0.5) is 0 Å². The van der Waals surface area contributed by atoms with Gasteiger partial charge in [-0.15, -0.1) is 0 Å². The molecule has 3 aromatic rings. The predicted octanol–water partition coefficient (Wildman–Crippen LogP) is 2.59. The number of aromatic nitrogens is 2. The van der Waals surface area contributed by atoms with Crippen LogP contribution in [-0.2, 0) is 23.0 Å². The van der Waals surface area contributed by atoms with E-state index in [0.29, 0.717) is 12.1 Å². The molecule has 0 spiro atoms. The van der Waals surface area contributed by atoms with Gasteiger partial charge < -0.3 is 5.32 Å². The number of hydrogen-bond donors (Lipinski definition) is 2. The fourth-order valence-corrected chi connectivity index (χ4v) is 4.75. The molecule has 1 aromatic heterocycles. The lowest BCUT2D eigenvalue weighted by Crippen LogP contribution is -2.29. The molecule has 1 amide bonds. The van der Waals surface area contributed by atoms with E-state index in [4.69, 9.17) is 0 Å².